The molecule has 0 aliphatic rings. The van der Waals surface area contributed by atoms with E-state index in [1.807, 2.05) is 13.8 Å². The molecule has 114 valence electrons. The second-order valence-corrected chi connectivity index (χ2v) is 5.25. The van der Waals surface area contributed by atoms with Crippen molar-refractivity contribution in [3.8, 4) is 6.07 Å². The molecule has 0 radical (unpaired) electrons. The van der Waals surface area contributed by atoms with Crippen LogP contribution >= 0.6 is 0 Å². The summed E-state index contributed by atoms with van der Waals surface area (Å²) in [5, 5.41) is 8.86. The summed E-state index contributed by atoms with van der Waals surface area (Å²) in [5.41, 5.74) is 4.00. The normalized spacial score (nSPS) is 10.5. The van der Waals surface area contributed by atoms with Gasteiger partial charge in [0, 0.05) is 6.20 Å². The lowest BCUT2D eigenvalue weighted by atomic mass is 10.1. The number of fused-ring (bicyclic) bond motifs is 1. The zero-order chi connectivity index (χ0) is 16.4. The monoisotopic (exact) mass is 306 g/mol. The molecule has 6 nitrogen and oxygen atoms in total. The molecule has 0 bridgehead atoms. The summed E-state index contributed by atoms with van der Waals surface area (Å²) in [5.74, 6) is 0.293. The van der Waals surface area contributed by atoms with E-state index in [2.05, 4.69) is 21.0 Å². The Morgan fingerprint density at radius 1 is 1.35 bits per heavy atom. The van der Waals surface area contributed by atoms with E-state index in [-0.39, 0.29) is 6.61 Å². The third-order valence-corrected chi connectivity index (χ3v) is 3.52. The number of rotatable bonds is 3. The Balaban J connectivity index is 1.74. The smallest absolute Gasteiger partial charge is 0.340 e. The number of carbonyl (C=O) groups is 1. The predicted octanol–water partition coefficient (Wildman–Crippen LogP) is 2.80. The molecule has 1 aromatic carbocycles. The molecule has 2 aromatic heterocycles. The topological polar surface area (TPSA) is 91.7 Å². The summed E-state index contributed by atoms with van der Waals surface area (Å²) in [7, 11) is 0. The first-order chi connectivity index (χ1) is 11.1. The van der Waals surface area contributed by atoms with Crippen LogP contribution < -0.4 is 0 Å². The summed E-state index contributed by atoms with van der Waals surface area (Å²) in [6.45, 7) is 3.86. The summed E-state index contributed by atoms with van der Waals surface area (Å²) >= 11 is 0. The largest absolute Gasteiger partial charge is 0.457 e. The van der Waals surface area contributed by atoms with Crippen molar-refractivity contribution in [3.63, 3.8) is 0 Å². The number of nitriles is 1. The lowest BCUT2D eigenvalue weighted by Crippen LogP contribution is -2.06. The van der Waals surface area contributed by atoms with Gasteiger partial charge in [0.05, 0.1) is 22.7 Å². The standard InChI is InChI=1S/C17H14N4O2/c1-10-5-12(7-18)3-4-13(10)9-23-17(22)14-6-15-16(19-8-14)21-11(2)20-15/h3-6,8H,9H2,1-2H3,(H,19,20,21). The average Bonchev–Trinajstić information content (AvgIpc) is 2.92. The molecular weight excluding hydrogens is 292 g/mol. The fourth-order valence-corrected chi connectivity index (χ4v) is 2.29. The van der Waals surface area contributed by atoms with E-state index in [9.17, 15) is 4.79 Å². The first kappa shape index (κ1) is 14.7. The van der Waals surface area contributed by atoms with Crippen LogP contribution in [0.4, 0.5) is 0 Å². The van der Waals surface area contributed by atoms with Crippen LogP contribution in [0.5, 0.6) is 0 Å². The number of aromatic amines is 1. The lowest BCUT2D eigenvalue weighted by Gasteiger charge is -2.07. The van der Waals surface area contributed by atoms with Crippen LogP contribution in [0.25, 0.3) is 11.2 Å². The maximum atomic E-state index is 12.2. The summed E-state index contributed by atoms with van der Waals surface area (Å²) in [4.78, 5) is 23.5. The Labute approximate surface area is 132 Å². The molecule has 0 unspecified atom stereocenters. The Hall–Kier alpha value is -3.20. The number of pyridine rings is 1. The molecule has 0 aliphatic carbocycles. The first-order valence-electron chi connectivity index (χ1n) is 7.06. The molecule has 1 N–H and O–H groups in total. The van der Waals surface area contributed by atoms with Crippen LogP contribution in [0, 0.1) is 25.2 Å². The number of nitrogens with one attached hydrogen (secondary N) is 1. The van der Waals surface area contributed by atoms with Crippen LogP contribution in [0.15, 0.2) is 30.5 Å². The van der Waals surface area contributed by atoms with Gasteiger partial charge >= 0.3 is 5.97 Å². The van der Waals surface area contributed by atoms with Crippen molar-refractivity contribution < 1.29 is 9.53 Å². The van der Waals surface area contributed by atoms with Gasteiger partial charge in [0.25, 0.3) is 0 Å². The minimum atomic E-state index is -0.449. The van der Waals surface area contributed by atoms with Gasteiger partial charge in [0.15, 0.2) is 5.65 Å². The van der Waals surface area contributed by atoms with Gasteiger partial charge in [-0.15, -0.1) is 0 Å². The highest BCUT2D eigenvalue weighted by molar-refractivity contribution is 5.92. The molecule has 0 amide bonds. The highest BCUT2D eigenvalue weighted by Crippen LogP contribution is 2.15. The molecule has 0 saturated carbocycles. The first-order valence-corrected chi connectivity index (χ1v) is 7.06. The zero-order valence-corrected chi connectivity index (χ0v) is 12.8. The number of H-pyrrole nitrogens is 1. The number of esters is 1. The summed E-state index contributed by atoms with van der Waals surface area (Å²) in [6, 6.07) is 9.02. The molecule has 0 spiro atoms. The molecule has 6 heteroatoms. The van der Waals surface area contributed by atoms with E-state index in [1.165, 1.54) is 6.20 Å². The number of benzene rings is 1. The van der Waals surface area contributed by atoms with Crippen molar-refractivity contribution in [3.05, 3.63) is 58.5 Å². The van der Waals surface area contributed by atoms with Gasteiger partial charge in [-0.2, -0.15) is 5.26 Å². The number of hydrogen-bond acceptors (Lipinski definition) is 5. The Kier molecular flexibility index (Phi) is 3.77. The van der Waals surface area contributed by atoms with Gasteiger partial charge in [-0.1, -0.05) is 6.07 Å². The van der Waals surface area contributed by atoms with Gasteiger partial charge in [-0.05, 0) is 43.2 Å². The number of imidazole rings is 1. The molecule has 3 rings (SSSR count). The maximum Gasteiger partial charge on any atom is 0.340 e. The van der Waals surface area contributed by atoms with E-state index in [0.717, 1.165) is 17.0 Å². The minimum absolute atomic E-state index is 0.149. The van der Waals surface area contributed by atoms with Crippen LogP contribution in [0.1, 0.15) is 32.9 Å². The number of nitrogens with zero attached hydrogens (tertiary/aromatic N) is 3. The van der Waals surface area contributed by atoms with Crippen LogP contribution in [0.3, 0.4) is 0 Å². The molecule has 0 atom stereocenters. The van der Waals surface area contributed by atoms with Crippen LogP contribution in [-0.2, 0) is 11.3 Å². The van der Waals surface area contributed by atoms with Crippen molar-refractivity contribution in [2.24, 2.45) is 0 Å². The SMILES string of the molecule is Cc1nc2ncc(C(=O)OCc3ccc(C#N)cc3C)cc2[nH]1. The summed E-state index contributed by atoms with van der Waals surface area (Å²) < 4.78 is 5.33. The van der Waals surface area contributed by atoms with Crippen LogP contribution in [0.2, 0.25) is 0 Å². The third kappa shape index (κ3) is 3.04. The van der Waals surface area contributed by atoms with E-state index in [1.54, 1.807) is 24.3 Å². The molecule has 0 fully saturated rings. The molecule has 0 aliphatic heterocycles. The fraction of sp³-hybridized carbons (Fsp3) is 0.176. The molecular formula is C17H14N4O2. The molecule has 23 heavy (non-hydrogen) atoms. The molecule has 0 saturated heterocycles. The van der Waals surface area contributed by atoms with Crippen LogP contribution in [-0.4, -0.2) is 20.9 Å². The van der Waals surface area contributed by atoms with Gasteiger partial charge in [-0.3, -0.25) is 0 Å². The molecule has 2 heterocycles. The number of carbonyl (C=O) groups excluding carboxylic acids is 1. The second-order valence-electron chi connectivity index (χ2n) is 5.25. The lowest BCUT2D eigenvalue weighted by molar-refractivity contribution is 0.0472. The Morgan fingerprint density at radius 2 is 2.17 bits per heavy atom. The fourth-order valence-electron chi connectivity index (χ4n) is 2.29. The molecule has 3 aromatic rings. The van der Waals surface area contributed by atoms with E-state index in [4.69, 9.17) is 10.00 Å². The van der Waals surface area contributed by atoms with Crippen molar-refractivity contribution in [1.82, 2.24) is 15.0 Å². The maximum absolute atomic E-state index is 12.2. The van der Waals surface area contributed by atoms with E-state index >= 15 is 0 Å². The number of hydrogen-bond donors (Lipinski definition) is 1. The van der Waals surface area contributed by atoms with Gasteiger partial charge in [0.2, 0.25) is 0 Å². The predicted molar refractivity (Wildman–Crippen MR) is 83.6 cm³/mol. The van der Waals surface area contributed by atoms with Crippen molar-refractivity contribution in [2.45, 2.75) is 20.5 Å². The van der Waals surface area contributed by atoms with Gasteiger partial charge in [0.1, 0.15) is 12.4 Å². The average molecular weight is 306 g/mol. The number of aromatic nitrogens is 3. The Bertz CT molecular complexity index is 937. The second kappa shape index (κ2) is 5.89. The number of aryl methyl sites for hydroxylation is 2. The van der Waals surface area contributed by atoms with Crippen molar-refractivity contribution in [1.29, 1.82) is 5.26 Å². The minimum Gasteiger partial charge on any atom is -0.457 e. The van der Waals surface area contributed by atoms with Crippen molar-refractivity contribution in [2.75, 3.05) is 0 Å². The van der Waals surface area contributed by atoms with Gasteiger partial charge in [-0.25, -0.2) is 14.8 Å². The van der Waals surface area contributed by atoms with Crippen molar-refractivity contribution >= 4 is 17.1 Å². The quantitative estimate of drug-likeness (QED) is 0.751. The van der Waals surface area contributed by atoms with E-state index < -0.39 is 5.97 Å². The van der Waals surface area contributed by atoms with E-state index in [0.29, 0.717) is 22.3 Å². The number of ether oxygens (including phenoxy) is 1. The zero-order valence-electron chi connectivity index (χ0n) is 12.8. The summed E-state index contributed by atoms with van der Waals surface area (Å²) in [6.07, 6.45) is 1.45. The highest BCUT2D eigenvalue weighted by Gasteiger charge is 2.11. The third-order valence-electron chi connectivity index (χ3n) is 3.52. The van der Waals surface area contributed by atoms with Gasteiger partial charge < -0.3 is 9.72 Å². The highest BCUT2D eigenvalue weighted by atomic mass is 16.5. The Morgan fingerprint density at radius 3 is 2.91 bits per heavy atom.